The monoisotopic (exact) mass is 342 g/mol. The second-order valence-electron chi connectivity index (χ2n) is 5.94. The molecule has 2 atom stereocenters. The molecule has 0 spiro atoms. The number of aliphatic carboxylic acids is 1. The maximum atomic E-state index is 13.6. The van der Waals surface area contributed by atoms with Gasteiger partial charge in [0.1, 0.15) is 5.82 Å². The molecule has 1 fully saturated rings. The van der Waals surface area contributed by atoms with E-state index in [1.807, 2.05) is 0 Å². The molecule has 0 saturated carbocycles. The summed E-state index contributed by atoms with van der Waals surface area (Å²) in [7, 11) is 0. The number of halogens is 4. The smallest absolute Gasteiger partial charge is 0.394 e. The topological polar surface area (TPSA) is 53.4 Å². The van der Waals surface area contributed by atoms with Crippen LogP contribution in [0, 0.1) is 24.6 Å². The average Bonchev–Trinajstić information content (AvgIpc) is 2.92. The third-order valence-corrected chi connectivity index (χ3v) is 4.28. The number of anilines is 1. The van der Waals surface area contributed by atoms with Crippen molar-refractivity contribution in [1.82, 2.24) is 4.98 Å². The zero-order valence-corrected chi connectivity index (χ0v) is 12.6. The third kappa shape index (κ3) is 2.88. The van der Waals surface area contributed by atoms with Gasteiger partial charge in [0.15, 0.2) is 0 Å². The van der Waals surface area contributed by atoms with E-state index in [9.17, 15) is 22.4 Å². The van der Waals surface area contributed by atoms with Crippen LogP contribution in [-0.4, -0.2) is 35.3 Å². The van der Waals surface area contributed by atoms with Gasteiger partial charge in [-0.1, -0.05) is 0 Å². The fraction of sp³-hybridized carbons (Fsp3) is 0.375. The number of hydrogen-bond acceptors (Lipinski definition) is 3. The highest BCUT2D eigenvalue weighted by atomic mass is 19.4. The molecule has 4 nitrogen and oxygen atoms in total. The maximum absolute atomic E-state index is 13.6. The van der Waals surface area contributed by atoms with Gasteiger partial charge in [0.2, 0.25) is 0 Å². The van der Waals surface area contributed by atoms with Gasteiger partial charge in [0, 0.05) is 29.9 Å². The fourth-order valence-electron chi connectivity index (χ4n) is 3.15. The summed E-state index contributed by atoms with van der Waals surface area (Å²) >= 11 is 0. The van der Waals surface area contributed by atoms with E-state index in [2.05, 4.69) is 4.98 Å². The van der Waals surface area contributed by atoms with Gasteiger partial charge in [-0.15, -0.1) is 0 Å². The molecule has 2 aromatic rings. The first-order valence-electron chi connectivity index (χ1n) is 7.28. The Kier molecular flexibility index (Phi) is 3.85. The van der Waals surface area contributed by atoms with Gasteiger partial charge in [-0.2, -0.15) is 13.2 Å². The Morgan fingerprint density at radius 1 is 1.29 bits per heavy atom. The van der Waals surface area contributed by atoms with Crippen LogP contribution in [0.5, 0.6) is 0 Å². The van der Waals surface area contributed by atoms with Crippen molar-refractivity contribution in [3.63, 3.8) is 0 Å². The number of alkyl halides is 3. The molecule has 2 heterocycles. The van der Waals surface area contributed by atoms with Crippen LogP contribution in [0.1, 0.15) is 5.69 Å². The molecule has 0 amide bonds. The summed E-state index contributed by atoms with van der Waals surface area (Å²) in [6, 6.07) is 5.43. The minimum absolute atomic E-state index is 0.283. The van der Waals surface area contributed by atoms with E-state index in [0.29, 0.717) is 22.3 Å². The van der Waals surface area contributed by atoms with Crippen molar-refractivity contribution in [2.24, 2.45) is 11.8 Å². The van der Waals surface area contributed by atoms with Crippen molar-refractivity contribution >= 4 is 22.6 Å². The van der Waals surface area contributed by atoms with Crippen molar-refractivity contribution in [2.45, 2.75) is 13.1 Å². The van der Waals surface area contributed by atoms with Crippen LogP contribution in [0.3, 0.4) is 0 Å². The molecule has 1 aromatic carbocycles. The van der Waals surface area contributed by atoms with Gasteiger partial charge in [-0.3, -0.25) is 9.78 Å². The Hall–Kier alpha value is -2.38. The first-order valence-corrected chi connectivity index (χ1v) is 7.28. The standard InChI is InChI=1S/C16H14F4N2O2/c1-8-4-14(10-5-9(17)2-3-13(10)21-8)22-6-11(15(23)24)12(7-22)16(18,19)20/h2-5,11-12H,6-7H2,1H3,(H,23,24)/t11-,12-/m1/s1. The molecule has 0 radical (unpaired) electrons. The van der Waals surface area contributed by atoms with Crippen LogP contribution >= 0.6 is 0 Å². The van der Waals surface area contributed by atoms with Gasteiger partial charge >= 0.3 is 12.1 Å². The largest absolute Gasteiger partial charge is 0.481 e. The molecule has 1 aliphatic rings. The Balaban J connectivity index is 2.08. The Bertz CT molecular complexity index is 806. The van der Waals surface area contributed by atoms with Gasteiger partial charge in [0.05, 0.1) is 17.4 Å². The number of benzene rings is 1. The number of aromatic nitrogens is 1. The highest BCUT2D eigenvalue weighted by molar-refractivity contribution is 5.92. The molecule has 8 heteroatoms. The van der Waals surface area contributed by atoms with Crippen molar-refractivity contribution in [1.29, 1.82) is 0 Å². The molecule has 3 rings (SSSR count). The molecule has 24 heavy (non-hydrogen) atoms. The van der Waals surface area contributed by atoms with E-state index in [-0.39, 0.29) is 6.54 Å². The van der Waals surface area contributed by atoms with Crippen molar-refractivity contribution in [2.75, 3.05) is 18.0 Å². The lowest BCUT2D eigenvalue weighted by molar-refractivity contribution is -0.187. The molecule has 1 N–H and O–H groups in total. The summed E-state index contributed by atoms with van der Waals surface area (Å²) in [6.45, 7) is 0.919. The van der Waals surface area contributed by atoms with Crippen LogP contribution in [0.15, 0.2) is 24.3 Å². The second kappa shape index (κ2) is 5.61. The van der Waals surface area contributed by atoms with Gasteiger partial charge < -0.3 is 10.0 Å². The van der Waals surface area contributed by atoms with E-state index in [1.54, 1.807) is 13.0 Å². The van der Waals surface area contributed by atoms with E-state index >= 15 is 0 Å². The van der Waals surface area contributed by atoms with Crippen LogP contribution < -0.4 is 4.90 Å². The molecular formula is C16H14F4N2O2. The van der Waals surface area contributed by atoms with Crippen molar-refractivity contribution in [3.8, 4) is 0 Å². The molecule has 1 aromatic heterocycles. The predicted octanol–water partition coefficient (Wildman–Crippen LogP) is 3.38. The second-order valence-corrected chi connectivity index (χ2v) is 5.94. The third-order valence-electron chi connectivity index (χ3n) is 4.28. The number of pyridine rings is 1. The van der Waals surface area contributed by atoms with E-state index in [0.717, 1.165) is 0 Å². The summed E-state index contributed by atoms with van der Waals surface area (Å²) in [6.07, 6.45) is -4.61. The van der Waals surface area contributed by atoms with E-state index in [4.69, 9.17) is 5.11 Å². The number of carboxylic acid groups (broad SMARTS) is 1. The number of hydrogen-bond donors (Lipinski definition) is 1. The maximum Gasteiger partial charge on any atom is 0.394 e. The molecular weight excluding hydrogens is 328 g/mol. The Labute approximate surface area is 134 Å². The van der Waals surface area contributed by atoms with Crippen LogP contribution in [-0.2, 0) is 4.79 Å². The number of carboxylic acids is 1. The van der Waals surface area contributed by atoms with Crippen LogP contribution in [0.2, 0.25) is 0 Å². The van der Waals surface area contributed by atoms with Crippen molar-refractivity contribution in [3.05, 3.63) is 35.8 Å². The number of carbonyl (C=O) groups is 1. The first kappa shape index (κ1) is 16.5. The minimum Gasteiger partial charge on any atom is -0.481 e. The zero-order valence-electron chi connectivity index (χ0n) is 12.6. The quantitative estimate of drug-likeness (QED) is 0.850. The van der Waals surface area contributed by atoms with Gasteiger partial charge in [0.25, 0.3) is 0 Å². The van der Waals surface area contributed by atoms with Crippen LogP contribution in [0.25, 0.3) is 10.9 Å². The summed E-state index contributed by atoms with van der Waals surface area (Å²) in [5, 5.41) is 9.49. The Morgan fingerprint density at radius 3 is 2.58 bits per heavy atom. The first-order chi connectivity index (χ1) is 11.2. The number of nitrogens with zero attached hydrogens (tertiary/aromatic N) is 2. The molecule has 1 aliphatic heterocycles. The average molecular weight is 342 g/mol. The Morgan fingerprint density at radius 2 is 2.00 bits per heavy atom. The summed E-state index contributed by atoms with van der Waals surface area (Å²) < 4.78 is 53.0. The highest BCUT2D eigenvalue weighted by Gasteiger charge is 2.52. The highest BCUT2D eigenvalue weighted by Crippen LogP contribution is 2.41. The van der Waals surface area contributed by atoms with Crippen molar-refractivity contribution < 1.29 is 27.5 Å². The normalized spacial score (nSPS) is 21.5. The lowest BCUT2D eigenvalue weighted by Crippen LogP contribution is -2.33. The molecule has 128 valence electrons. The zero-order chi connectivity index (χ0) is 17.6. The van der Waals surface area contributed by atoms with E-state index in [1.165, 1.54) is 23.1 Å². The molecule has 0 aliphatic carbocycles. The lowest BCUT2D eigenvalue weighted by Gasteiger charge is -2.21. The van der Waals surface area contributed by atoms with Crippen LogP contribution in [0.4, 0.5) is 23.2 Å². The summed E-state index contributed by atoms with van der Waals surface area (Å²) in [5.74, 6) is -5.54. The summed E-state index contributed by atoms with van der Waals surface area (Å²) in [5.41, 5.74) is 1.38. The minimum atomic E-state index is -4.61. The predicted molar refractivity (Wildman–Crippen MR) is 79.3 cm³/mol. The van der Waals surface area contributed by atoms with Gasteiger partial charge in [-0.05, 0) is 31.2 Å². The number of aryl methyl sites for hydroxylation is 1. The molecule has 1 saturated heterocycles. The fourth-order valence-corrected chi connectivity index (χ4v) is 3.15. The number of rotatable bonds is 2. The van der Waals surface area contributed by atoms with E-state index < -0.39 is 36.3 Å². The SMILES string of the molecule is Cc1cc(N2C[C@@H](C(F)(F)F)[C@H](C(=O)O)C2)c2cc(F)ccc2n1. The van der Waals surface area contributed by atoms with Gasteiger partial charge in [-0.25, -0.2) is 4.39 Å². The summed E-state index contributed by atoms with van der Waals surface area (Å²) in [4.78, 5) is 16.8. The molecule has 0 unspecified atom stereocenters. The lowest BCUT2D eigenvalue weighted by atomic mass is 9.96. The number of fused-ring (bicyclic) bond motifs is 1. The molecule has 0 bridgehead atoms.